The number of halogens is 4. The van der Waals surface area contributed by atoms with E-state index in [9.17, 15) is 26.0 Å². The molecule has 0 aliphatic rings. The largest absolute Gasteiger partial charge is 0.416 e. The SMILES string of the molecule is O=S(=O)(Nc1ccc(C(F)(F)F)cc1)Nc1c[nH]c2ncc(F)cc12. The Bertz CT molecular complexity index is 1010. The number of fused-ring (bicyclic) bond motifs is 1. The smallest absolute Gasteiger partial charge is 0.344 e. The van der Waals surface area contributed by atoms with Crippen LogP contribution >= 0.6 is 0 Å². The van der Waals surface area contributed by atoms with Crippen LogP contribution in [0.2, 0.25) is 0 Å². The van der Waals surface area contributed by atoms with E-state index in [4.69, 9.17) is 0 Å². The van der Waals surface area contributed by atoms with Crippen LogP contribution < -0.4 is 9.44 Å². The van der Waals surface area contributed by atoms with Gasteiger partial charge in [-0.25, -0.2) is 9.37 Å². The Kier molecular flexibility index (Phi) is 4.03. The predicted octanol–water partition coefficient (Wildman–Crippen LogP) is 3.49. The van der Waals surface area contributed by atoms with Crippen LogP contribution in [0.5, 0.6) is 0 Å². The minimum atomic E-state index is -4.52. The molecule has 6 nitrogen and oxygen atoms in total. The van der Waals surface area contributed by atoms with Gasteiger partial charge in [0.05, 0.1) is 23.1 Å². The molecule has 2 aromatic heterocycles. The van der Waals surface area contributed by atoms with E-state index in [1.54, 1.807) is 0 Å². The van der Waals surface area contributed by atoms with Crippen LogP contribution in [0.15, 0.2) is 42.7 Å². The third-order valence-electron chi connectivity index (χ3n) is 3.21. The molecule has 0 atom stereocenters. The number of rotatable bonds is 4. The van der Waals surface area contributed by atoms with Crippen LogP contribution in [0.25, 0.3) is 11.0 Å². The van der Waals surface area contributed by atoms with Gasteiger partial charge >= 0.3 is 16.4 Å². The van der Waals surface area contributed by atoms with Crippen molar-refractivity contribution in [3.63, 3.8) is 0 Å². The predicted molar refractivity (Wildman–Crippen MR) is 83.7 cm³/mol. The van der Waals surface area contributed by atoms with Crippen molar-refractivity contribution in [3.05, 3.63) is 54.1 Å². The monoisotopic (exact) mass is 374 g/mol. The quantitative estimate of drug-likeness (QED) is 0.611. The van der Waals surface area contributed by atoms with Gasteiger partial charge in [0.2, 0.25) is 0 Å². The fourth-order valence-electron chi connectivity index (χ4n) is 2.11. The molecular weight excluding hydrogens is 364 g/mol. The molecule has 0 aliphatic heterocycles. The van der Waals surface area contributed by atoms with E-state index in [1.807, 2.05) is 0 Å². The molecule has 0 bridgehead atoms. The number of aromatic nitrogens is 2. The maximum atomic E-state index is 13.2. The first kappa shape index (κ1) is 17.0. The summed E-state index contributed by atoms with van der Waals surface area (Å²) >= 11 is 0. The molecule has 0 fully saturated rings. The molecule has 3 rings (SSSR count). The van der Waals surface area contributed by atoms with Crippen LogP contribution in [0.3, 0.4) is 0 Å². The Morgan fingerprint density at radius 2 is 1.76 bits per heavy atom. The molecule has 11 heteroatoms. The summed E-state index contributed by atoms with van der Waals surface area (Å²) in [6, 6.07) is 4.57. The number of benzene rings is 1. The fraction of sp³-hybridized carbons (Fsp3) is 0.0714. The molecule has 0 spiro atoms. The highest BCUT2D eigenvalue weighted by atomic mass is 32.2. The number of hydrogen-bond acceptors (Lipinski definition) is 3. The lowest BCUT2D eigenvalue weighted by Gasteiger charge is -2.11. The molecule has 3 aromatic rings. The topological polar surface area (TPSA) is 86.9 Å². The Hall–Kier alpha value is -2.82. The van der Waals surface area contributed by atoms with Gasteiger partial charge in [0, 0.05) is 11.6 Å². The van der Waals surface area contributed by atoms with Crippen molar-refractivity contribution in [1.29, 1.82) is 0 Å². The molecule has 0 saturated carbocycles. The van der Waals surface area contributed by atoms with Crippen molar-refractivity contribution in [1.82, 2.24) is 9.97 Å². The van der Waals surface area contributed by atoms with Gasteiger partial charge in [0.25, 0.3) is 0 Å². The minimum Gasteiger partial charge on any atom is -0.344 e. The van der Waals surface area contributed by atoms with Crippen molar-refractivity contribution < 1.29 is 26.0 Å². The van der Waals surface area contributed by atoms with Crippen LogP contribution in [-0.4, -0.2) is 18.4 Å². The first-order valence-corrected chi connectivity index (χ1v) is 8.23. The molecule has 2 heterocycles. The molecule has 132 valence electrons. The molecule has 0 amide bonds. The van der Waals surface area contributed by atoms with Crippen LogP contribution in [0, 0.1) is 5.82 Å². The minimum absolute atomic E-state index is 0.0430. The Balaban J connectivity index is 1.81. The normalized spacial score (nSPS) is 12.3. The molecule has 0 aliphatic carbocycles. The first-order chi connectivity index (χ1) is 11.6. The highest BCUT2D eigenvalue weighted by Crippen LogP contribution is 2.30. The number of H-pyrrole nitrogens is 1. The van der Waals surface area contributed by atoms with E-state index in [-0.39, 0.29) is 22.4 Å². The van der Waals surface area contributed by atoms with E-state index in [0.717, 1.165) is 36.5 Å². The highest BCUT2D eigenvalue weighted by molar-refractivity contribution is 7.94. The average molecular weight is 374 g/mol. The highest BCUT2D eigenvalue weighted by Gasteiger charge is 2.30. The number of anilines is 2. The van der Waals surface area contributed by atoms with E-state index >= 15 is 0 Å². The zero-order valence-corrected chi connectivity index (χ0v) is 13.0. The van der Waals surface area contributed by atoms with E-state index in [2.05, 4.69) is 19.4 Å². The van der Waals surface area contributed by atoms with Crippen molar-refractivity contribution in [2.75, 3.05) is 9.44 Å². The first-order valence-electron chi connectivity index (χ1n) is 6.74. The van der Waals surface area contributed by atoms with Gasteiger partial charge in [-0.1, -0.05) is 0 Å². The standard InChI is InChI=1S/C14H10F4N4O2S/c15-9-5-11-12(7-20-13(11)19-6-9)22-25(23,24)21-10-3-1-8(2-4-10)14(16,17)18/h1-7,21-22H,(H,19,20). The Morgan fingerprint density at radius 1 is 1.08 bits per heavy atom. The number of alkyl halides is 3. The zero-order valence-electron chi connectivity index (χ0n) is 12.2. The van der Waals surface area contributed by atoms with E-state index in [0.29, 0.717) is 0 Å². The second-order valence-corrected chi connectivity index (χ2v) is 6.45. The number of pyridine rings is 1. The van der Waals surface area contributed by atoms with Gasteiger partial charge in [-0.15, -0.1) is 0 Å². The Morgan fingerprint density at radius 3 is 2.40 bits per heavy atom. The fourth-order valence-corrected chi connectivity index (χ4v) is 3.07. The summed E-state index contributed by atoms with van der Waals surface area (Å²) in [6.45, 7) is 0. The van der Waals surface area contributed by atoms with Gasteiger partial charge < -0.3 is 4.98 Å². The maximum Gasteiger partial charge on any atom is 0.416 e. The third-order valence-corrected chi connectivity index (χ3v) is 4.20. The van der Waals surface area contributed by atoms with Crippen molar-refractivity contribution in [2.45, 2.75) is 6.18 Å². The van der Waals surface area contributed by atoms with Crippen molar-refractivity contribution >= 4 is 32.6 Å². The summed E-state index contributed by atoms with van der Waals surface area (Å²) in [7, 11) is -4.16. The van der Waals surface area contributed by atoms with Gasteiger partial charge in [-0.2, -0.15) is 21.6 Å². The number of aromatic amines is 1. The number of nitrogens with one attached hydrogen (secondary N) is 3. The lowest BCUT2D eigenvalue weighted by molar-refractivity contribution is -0.137. The average Bonchev–Trinajstić information content (AvgIpc) is 2.88. The van der Waals surface area contributed by atoms with Crippen LogP contribution in [0.1, 0.15) is 5.56 Å². The van der Waals surface area contributed by atoms with Crippen LogP contribution in [-0.2, 0) is 16.4 Å². The lowest BCUT2D eigenvalue weighted by atomic mass is 10.2. The molecule has 1 aromatic carbocycles. The second kappa shape index (κ2) is 5.92. The summed E-state index contributed by atoms with van der Waals surface area (Å²) in [6.07, 6.45) is -2.27. The lowest BCUT2D eigenvalue weighted by Crippen LogP contribution is -2.21. The van der Waals surface area contributed by atoms with Gasteiger partial charge in [-0.3, -0.25) is 9.44 Å². The van der Waals surface area contributed by atoms with Crippen molar-refractivity contribution in [2.24, 2.45) is 0 Å². The molecular formula is C14H10F4N4O2S. The van der Waals surface area contributed by atoms with Gasteiger partial charge in [0.15, 0.2) is 0 Å². The van der Waals surface area contributed by atoms with E-state index in [1.165, 1.54) is 6.20 Å². The summed E-state index contributed by atoms with van der Waals surface area (Å²) in [5, 5.41) is 0.206. The van der Waals surface area contributed by atoms with Crippen LogP contribution in [0.4, 0.5) is 28.9 Å². The summed E-state index contributed by atoms with van der Waals surface area (Å²) in [5.41, 5.74) is -0.652. The number of hydrogen-bond donors (Lipinski definition) is 3. The second-order valence-electron chi connectivity index (χ2n) is 5.03. The Labute approximate surface area is 139 Å². The maximum absolute atomic E-state index is 13.2. The van der Waals surface area contributed by atoms with Gasteiger partial charge in [-0.05, 0) is 30.3 Å². The summed E-state index contributed by atoms with van der Waals surface area (Å²) in [4.78, 5) is 6.42. The molecule has 25 heavy (non-hydrogen) atoms. The molecule has 0 radical (unpaired) electrons. The van der Waals surface area contributed by atoms with Crippen molar-refractivity contribution in [3.8, 4) is 0 Å². The van der Waals surface area contributed by atoms with Gasteiger partial charge in [0.1, 0.15) is 11.5 Å². The van der Waals surface area contributed by atoms with E-state index < -0.39 is 27.8 Å². The summed E-state index contributed by atoms with van der Waals surface area (Å²) in [5.74, 6) is -0.650. The molecule has 0 saturated heterocycles. The molecule has 3 N–H and O–H groups in total. The number of nitrogens with zero attached hydrogens (tertiary/aromatic N) is 1. The molecule has 0 unspecified atom stereocenters. The third kappa shape index (κ3) is 3.82. The zero-order chi connectivity index (χ0) is 18.2. The summed E-state index contributed by atoms with van der Waals surface area (Å²) < 4.78 is 79.2.